The molecule has 2 aromatic rings. The second kappa shape index (κ2) is 7.28. The molecule has 2 aromatic carbocycles. The topological polar surface area (TPSA) is 41.9 Å². The standard InChI is InChI=1S/C16H18N2O2/c1-18(17-19)13-12-16(14-8-4-2-5-9-14)20-15-10-6-3-7-11-15/h2-11,16H,12-13H2,1H3. The van der Waals surface area contributed by atoms with E-state index in [4.69, 9.17) is 4.74 Å². The van der Waals surface area contributed by atoms with E-state index in [1.54, 1.807) is 7.05 Å². The van der Waals surface area contributed by atoms with E-state index >= 15 is 0 Å². The van der Waals surface area contributed by atoms with Crippen molar-refractivity contribution in [2.75, 3.05) is 13.6 Å². The highest BCUT2D eigenvalue weighted by Gasteiger charge is 2.14. The van der Waals surface area contributed by atoms with E-state index in [1.165, 1.54) is 5.01 Å². The zero-order valence-corrected chi connectivity index (χ0v) is 11.5. The average Bonchev–Trinajstić information content (AvgIpc) is 2.53. The van der Waals surface area contributed by atoms with Crippen LogP contribution in [0.4, 0.5) is 0 Å². The molecule has 0 heterocycles. The average molecular weight is 270 g/mol. The summed E-state index contributed by atoms with van der Waals surface area (Å²) in [5.74, 6) is 0.822. The third-order valence-corrected chi connectivity index (χ3v) is 3.05. The molecule has 2 rings (SSSR count). The van der Waals surface area contributed by atoms with Crippen molar-refractivity contribution in [3.8, 4) is 5.75 Å². The van der Waals surface area contributed by atoms with E-state index in [1.807, 2.05) is 60.7 Å². The van der Waals surface area contributed by atoms with Crippen LogP contribution in [0.25, 0.3) is 0 Å². The molecule has 0 fully saturated rings. The van der Waals surface area contributed by atoms with E-state index < -0.39 is 0 Å². The Hall–Kier alpha value is -2.36. The van der Waals surface area contributed by atoms with Crippen LogP contribution in [0.2, 0.25) is 0 Å². The van der Waals surface area contributed by atoms with Crippen molar-refractivity contribution in [3.63, 3.8) is 0 Å². The Morgan fingerprint density at radius 1 is 1.05 bits per heavy atom. The Bertz CT molecular complexity index is 517. The summed E-state index contributed by atoms with van der Waals surface area (Å²) in [5.41, 5.74) is 1.09. The quantitative estimate of drug-likeness (QED) is 0.567. The Balaban J connectivity index is 2.10. The highest BCUT2D eigenvalue weighted by atomic mass is 16.5. The number of ether oxygens (including phenoxy) is 1. The van der Waals surface area contributed by atoms with E-state index in [-0.39, 0.29) is 6.10 Å². The van der Waals surface area contributed by atoms with Gasteiger partial charge in [-0.2, -0.15) is 0 Å². The summed E-state index contributed by atoms with van der Waals surface area (Å²) in [7, 11) is 1.66. The first-order chi connectivity index (χ1) is 9.79. The fraction of sp³-hybridized carbons (Fsp3) is 0.250. The normalized spacial score (nSPS) is 11.7. The monoisotopic (exact) mass is 270 g/mol. The van der Waals surface area contributed by atoms with Crippen LogP contribution in [0.5, 0.6) is 5.75 Å². The Labute approximate surface area is 118 Å². The van der Waals surface area contributed by atoms with Crippen LogP contribution in [0, 0.1) is 4.91 Å². The van der Waals surface area contributed by atoms with Crippen molar-refractivity contribution >= 4 is 0 Å². The zero-order valence-electron chi connectivity index (χ0n) is 11.5. The van der Waals surface area contributed by atoms with Crippen LogP contribution < -0.4 is 4.74 Å². The second-order valence-electron chi connectivity index (χ2n) is 4.58. The van der Waals surface area contributed by atoms with Crippen LogP contribution in [0.15, 0.2) is 65.9 Å². The maximum absolute atomic E-state index is 10.4. The smallest absolute Gasteiger partial charge is 0.125 e. The second-order valence-corrected chi connectivity index (χ2v) is 4.58. The number of para-hydroxylation sites is 1. The summed E-state index contributed by atoms with van der Waals surface area (Å²) >= 11 is 0. The van der Waals surface area contributed by atoms with E-state index in [9.17, 15) is 4.91 Å². The molecular formula is C16H18N2O2. The molecule has 4 nitrogen and oxygen atoms in total. The summed E-state index contributed by atoms with van der Waals surface area (Å²) in [6, 6.07) is 19.7. The van der Waals surface area contributed by atoms with Crippen LogP contribution in [-0.2, 0) is 0 Å². The van der Waals surface area contributed by atoms with Gasteiger partial charge in [0.25, 0.3) is 0 Å². The number of benzene rings is 2. The minimum atomic E-state index is -0.0946. The molecule has 20 heavy (non-hydrogen) atoms. The van der Waals surface area contributed by atoms with Crippen molar-refractivity contribution in [1.82, 2.24) is 5.01 Å². The number of nitroso groups, excluding NO2 is 1. The van der Waals surface area contributed by atoms with E-state index in [0.717, 1.165) is 11.3 Å². The number of hydrogen-bond acceptors (Lipinski definition) is 3. The summed E-state index contributed by atoms with van der Waals surface area (Å²) in [5, 5.41) is 4.27. The van der Waals surface area contributed by atoms with Crippen LogP contribution >= 0.6 is 0 Å². The van der Waals surface area contributed by atoms with Crippen molar-refractivity contribution in [2.24, 2.45) is 5.29 Å². The molecule has 0 saturated heterocycles. The molecule has 4 heteroatoms. The van der Waals surface area contributed by atoms with Gasteiger partial charge in [0.15, 0.2) is 0 Å². The van der Waals surface area contributed by atoms with Gasteiger partial charge < -0.3 is 4.74 Å². The SMILES string of the molecule is CN(CCC(Oc1ccccc1)c1ccccc1)N=O. The molecule has 0 bridgehead atoms. The molecule has 0 aliphatic carbocycles. The highest BCUT2D eigenvalue weighted by molar-refractivity contribution is 5.24. The van der Waals surface area contributed by atoms with Crippen molar-refractivity contribution < 1.29 is 4.74 Å². The number of hydrogen-bond donors (Lipinski definition) is 0. The molecule has 0 aliphatic heterocycles. The fourth-order valence-corrected chi connectivity index (χ4v) is 1.97. The van der Waals surface area contributed by atoms with Gasteiger partial charge in [-0.3, -0.25) is 5.01 Å². The van der Waals surface area contributed by atoms with Crippen molar-refractivity contribution in [2.45, 2.75) is 12.5 Å². The highest BCUT2D eigenvalue weighted by Crippen LogP contribution is 2.24. The summed E-state index contributed by atoms with van der Waals surface area (Å²) in [6.07, 6.45) is 0.601. The maximum atomic E-state index is 10.4. The van der Waals surface area contributed by atoms with E-state index in [0.29, 0.717) is 13.0 Å². The third kappa shape index (κ3) is 4.09. The summed E-state index contributed by atoms with van der Waals surface area (Å²) in [4.78, 5) is 10.4. The van der Waals surface area contributed by atoms with Crippen molar-refractivity contribution in [1.29, 1.82) is 0 Å². The van der Waals surface area contributed by atoms with Gasteiger partial charge in [-0.05, 0) is 17.7 Å². The first-order valence-electron chi connectivity index (χ1n) is 6.60. The summed E-state index contributed by atoms with van der Waals surface area (Å²) in [6.45, 7) is 0.551. The Morgan fingerprint density at radius 3 is 2.25 bits per heavy atom. The van der Waals surface area contributed by atoms with Gasteiger partial charge in [0, 0.05) is 20.0 Å². The molecule has 0 saturated carbocycles. The van der Waals surface area contributed by atoms with Gasteiger partial charge >= 0.3 is 0 Å². The first-order valence-corrected chi connectivity index (χ1v) is 6.60. The Kier molecular flexibility index (Phi) is 5.12. The largest absolute Gasteiger partial charge is 0.486 e. The van der Waals surface area contributed by atoms with Crippen LogP contribution in [-0.4, -0.2) is 18.6 Å². The summed E-state index contributed by atoms with van der Waals surface area (Å²) < 4.78 is 6.03. The first kappa shape index (κ1) is 14.1. The molecule has 1 atom stereocenters. The third-order valence-electron chi connectivity index (χ3n) is 3.05. The van der Waals surface area contributed by atoms with Crippen molar-refractivity contribution in [3.05, 3.63) is 71.1 Å². The lowest BCUT2D eigenvalue weighted by Crippen LogP contribution is -2.17. The maximum Gasteiger partial charge on any atom is 0.125 e. The fourth-order valence-electron chi connectivity index (χ4n) is 1.97. The van der Waals surface area contributed by atoms with Gasteiger partial charge in [0.1, 0.15) is 11.9 Å². The molecule has 1 unspecified atom stereocenters. The zero-order chi connectivity index (χ0) is 14.2. The van der Waals surface area contributed by atoms with E-state index in [2.05, 4.69) is 5.29 Å². The molecule has 0 aromatic heterocycles. The number of nitrogens with zero attached hydrogens (tertiary/aromatic N) is 2. The van der Waals surface area contributed by atoms with Gasteiger partial charge in [-0.25, -0.2) is 0 Å². The minimum absolute atomic E-state index is 0.0946. The molecular weight excluding hydrogens is 252 g/mol. The van der Waals surface area contributed by atoms with Gasteiger partial charge in [-0.15, -0.1) is 4.91 Å². The molecule has 0 radical (unpaired) electrons. The van der Waals surface area contributed by atoms with Crippen LogP contribution in [0.1, 0.15) is 18.1 Å². The molecule has 0 N–H and O–H groups in total. The minimum Gasteiger partial charge on any atom is -0.486 e. The molecule has 0 amide bonds. The van der Waals surface area contributed by atoms with Gasteiger partial charge in [0.05, 0.1) is 5.29 Å². The van der Waals surface area contributed by atoms with Gasteiger partial charge in [0.2, 0.25) is 0 Å². The lowest BCUT2D eigenvalue weighted by Gasteiger charge is -2.21. The predicted octanol–water partition coefficient (Wildman–Crippen LogP) is 3.81. The Morgan fingerprint density at radius 2 is 1.65 bits per heavy atom. The molecule has 0 spiro atoms. The lowest BCUT2D eigenvalue weighted by atomic mass is 10.1. The van der Waals surface area contributed by atoms with Gasteiger partial charge in [-0.1, -0.05) is 48.5 Å². The molecule has 104 valence electrons. The molecule has 0 aliphatic rings. The lowest BCUT2D eigenvalue weighted by molar-refractivity contribution is 0.174. The predicted molar refractivity (Wildman–Crippen MR) is 79.3 cm³/mol. The number of rotatable bonds is 7. The van der Waals surface area contributed by atoms with Crippen LogP contribution in [0.3, 0.4) is 0 Å².